The van der Waals surface area contributed by atoms with Gasteiger partial charge in [-0.3, -0.25) is 4.68 Å². The fraction of sp³-hybridized carbons (Fsp3) is 0.400. The Balaban J connectivity index is 1.87. The van der Waals surface area contributed by atoms with Gasteiger partial charge in [-0.25, -0.2) is 4.98 Å². The molecule has 0 saturated carbocycles. The monoisotopic (exact) mass is 388 g/mol. The summed E-state index contributed by atoms with van der Waals surface area (Å²) in [7, 11) is 1.97. The number of hydrogen-bond donors (Lipinski definition) is 1. The van der Waals surface area contributed by atoms with Crippen LogP contribution in [0.3, 0.4) is 0 Å². The zero-order chi connectivity index (χ0) is 19.1. The molecule has 0 aliphatic carbocycles. The predicted molar refractivity (Wildman–Crippen MR) is 110 cm³/mol. The van der Waals surface area contributed by atoms with Crippen LogP contribution >= 0.6 is 23.4 Å². The van der Waals surface area contributed by atoms with Gasteiger partial charge in [0.25, 0.3) is 0 Å². The number of thioether (sulfide) groups is 1. The summed E-state index contributed by atoms with van der Waals surface area (Å²) < 4.78 is 1.72. The molecule has 0 amide bonds. The summed E-state index contributed by atoms with van der Waals surface area (Å²) in [6.07, 6.45) is 1.89. The molecule has 2 aromatic heterocycles. The van der Waals surface area contributed by atoms with Crippen LogP contribution in [-0.2, 0) is 17.2 Å². The summed E-state index contributed by atoms with van der Waals surface area (Å²) in [6.45, 7) is 10.8. The molecular formula is C20H25ClN4S. The smallest absolute Gasteiger partial charge is 0.122 e. The van der Waals surface area contributed by atoms with E-state index in [2.05, 4.69) is 55.8 Å². The van der Waals surface area contributed by atoms with Crippen molar-refractivity contribution in [3.63, 3.8) is 0 Å². The number of benzene rings is 1. The van der Waals surface area contributed by atoms with Crippen LogP contribution in [0, 0.1) is 0 Å². The molecule has 0 saturated heterocycles. The minimum atomic E-state index is -0.197. The van der Waals surface area contributed by atoms with E-state index in [9.17, 15) is 0 Å². The summed E-state index contributed by atoms with van der Waals surface area (Å²) >= 11 is 7.74. The van der Waals surface area contributed by atoms with Gasteiger partial charge in [0.2, 0.25) is 0 Å². The fourth-order valence-electron chi connectivity index (χ4n) is 2.69. The Morgan fingerprint density at radius 2 is 1.73 bits per heavy atom. The van der Waals surface area contributed by atoms with Gasteiger partial charge in [-0.05, 0) is 44.2 Å². The van der Waals surface area contributed by atoms with Gasteiger partial charge >= 0.3 is 0 Å². The number of hydrogen-bond acceptors (Lipinski definition) is 3. The quantitative estimate of drug-likeness (QED) is 0.575. The topological polar surface area (TPSA) is 46.5 Å². The lowest BCUT2D eigenvalue weighted by molar-refractivity contribution is 0.553. The molecule has 0 atom stereocenters. The highest BCUT2D eigenvalue weighted by Gasteiger charge is 2.27. The number of aromatic amines is 1. The van der Waals surface area contributed by atoms with E-state index in [4.69, 9.17) is 11.6 Å². The Morgan fingerprint density at radius 3 is 2.31 bits per heavy atom. The molecule has 3 aromatic rings. The standard InChI is InChI=1S/C20H25ClN4S/c1-19(2,3)17-11-16(25(6)24-17)15-12-22-18(23-15)20(4,5)26-14-9-7-13(21)8-10-14/h7-12H,1-6H3,(H,22,23). The summed E-state index contributed by atoms with van der Waals surface area (Å²) in [5.74, 6) is 0.936. The molecule has 0 fully saturated rings. The predicted octanol–water partition coefficient (Wildman–Crippen LogP) is 5.79. The Labute approximate surface area is 164 Å². The summed E-state index contributed by atoms with van der Waals surface area (Å²) in [4.78, 5) is 9.30. The number of aromatic nitrogens is 4. The Morgan fingerprint density at radius 1 is 1.08 bits per heavy atom. The zero-order valence-electron chi connectivity index (χ0n) is 16.1. The molecule has 1 N–H and O–H groups in total. The van der Waals surface area contributed by atoms with E-state index in [1.165, 1.54) is 0 Å². The molecule has 0 spiro atoms. The maximum atomic E-state index is 5.98. The summed E-state index contributed by atoms with van der Waals surface area (Å²) in [5.41, 5.74) is 3.11. The molecule has 0 radical (unpaired) electrons. The Kier molecular flexibility index (Phi) is 4.97. The maximum absolute atomic E-state index is 5.98. The van der Waals surface area contributed by atoms with Crippen molar-refractivity contribution in [1.29, 1.82) is 0 Å². The van der Waals surface area contributed by atoms with Crippen LogP contribution in [-0.4, -0.2) is 19.7 Å². The summed E-state index contributed by atoms with van der Waals surface area (Å²) in [5, 5.41) is 5.41. The van der Waals surface area contributed by atoms with Crippen molar-refractivity contribution in [2.45, 2.75) is 49.7 Å². The first-order valence-electron chi connectivity index (χ1n) is 8.61. The largest absolute Gasteiger partial charge is 0.340 e. The first-order valence-corrected chi connectivity index (χ1v) is 9.81. The van der Waals surface area contributed by atoms with E-state index in [-0.39, 0.29) is 10.2 Å². The molecule has 0 bridgehead atoms. The highest BCUT2D eigenvalue weighted by molar-refractivity contribution is 8.00. The third-order valence-electron chi connectivity index (χ3n) is 4.26. The van der Waals surface area contributed by atoms with E-state index < -0.39 is 0 Å². The number of halogens is 1. The molecule has 0 aliphatic rings. The lowest BCUT2D eigenvalue weighted by Gasteiger charge is -2.21. The van der Waals surface area contributed by atoms with Crippen LogP contribution in [0.2, 0.25) is 5.02 Å². The van der Waals surface area contributed by atoms with Crippen molar-refractivity contribution in [2.75, 3.05) is 0 Å². The van der Waals surface area contributed by atoms with E-state index in [1.807, 2.05) is 42.2 Å². The molecule has 1 aromatic carbocycles. The minimum absolute atomic E-state index is 0.0164. The van der Waals surface area contributed by atoms with Crippen LogP contribution < -0.4 is 0 Å². The van der Waals surface area contributed by atoms with Crippen LogP contribution in [0.25, 0.3) is 11.4 Å². The third kappa shape index (κ3) is 3.99. The van der Waals surface area contributed by atoms with Crippen molar-refractivity contribution in [1.82, 2.24) is 19.7 Å². The van der Waals surface area contributed by atoms with Gasteiger partial charge in [0.1, 0.15) is 5.82 Å². The molecule has 138 valence electrons. The van der Waals surface area contributed by atoms with Gasteiger partial charge in [-0.2, -0.15) is 5.10 Å². The second kappa shape index (κ2) is 6.78. The molecular weight excluding hydrogens is 364 g/mol. The molecule has 26 heavy (non-hydrogen) atoms. The molecule has 3 rings (SSSR count). The highest BCUT2D eigenvalue weighted by atomic mass is 35.5. The average Bonchev–Trinajstić information content (AvgIpc) is 3.15. The second-order valence-corrected chi connectivity index (χ2v) is 10.1. The molecule has 6 heteroatoms. The van der Waals surface area contributed by atoms with Crippen molar-refractivity contribution in [3.05, 3.63) is 53.1 Å². The molecule has 0 aliphatic heterocycles. The van der Waals surface area contributed by atoms with Crippen LogP contribution in [0.4, 0.5) is 0 Å². The van der Waals surface area contributed by atoms with Gasteiger partial charge in [-0.15, -0.1) is 11.8 Å². The number of aryl methyl sites for hydroxylation is 1. The van der Waals surface area contributed by atoms with Gasteiger partial charge < -0.3 is 4.98 Å². The number of rotatable bonds is 4. The van der Waals surface area contributed by atoms with Gasteiger partial charge in [-0.1, -0.05) is 32.4 Å². The maximum Gasteiger partial charge on any atom is 0.122 e. The average molecular weight is 389 g/mol. The molecule has 2 heterocycles. The number of nitrogens with one attached hydrogen (secondary N) is 1. The zero-order valence-corrected chi connectivity index (χ0v) is 17.7. The SMILES string of the molecule is Cn1nc(C(C)(C)C)cc1-c1cnc(C(C)(C)Sc2ccc(Cl)cc2)[nH]1. The lowest BCUT2D eigenvalue weighted by Crippen LogP contribution is -2.14. The van der Waals surface area contributed by atoms with E-state index in [0.717, 1.165) is 32.8 Å². The molecule has 0 unspecified atom stereocenters. The first kappa shape index (κ1) is 19.1. The fourth-order valence-corrected chi connectivity index (χ4v) is 3.88. The van der Waals surface area contributed by atoms with E-state index in [0.29, 0.717) is 0 Å². The molecule has 4 nitrogen and oxygen atoms in total. The summed E-state index contributed by atoms with van der Waals surface area (Å²) in [6, 6.07) is 10.0. The number of H-pyrrole nitrogens is 1. The number of nitrogens with zero attached hydrogens (tertiary/aromatic N) is 3. The Hall–Kier alpha value is -1.72. The van der Waals surface area contributed by atoms with Crippen LogP contribution in [0.15, 0.2) is 41.4 Å². The minimum Gasteiger partial charge on any atom is -0.340 e. The van der Waals surface area contributed by atoms with Gasteiger partial charge in [0.05, 0.1) is 28.0 Å². The highest BCUT2D eigenvalue weighted by Crippen LogP contribution is 2.40. The van der Waals surface area contributed by atoms with Crippen molar-refractivity contribution < 1.29 is 0 Å². The van der Waals surface area contributed by atoms with Crippen LogP contribution in [0.5, 0.6) is 0 Å². The Bertz CT molecular complexity index is 901. The van der Waals surface area contributed by atoms with E-state index in [1.54, 1.807) is 11.8 Å². The van der Waals surface area contributed by atoms with Crippen molar-refractivity contribution in [2.24, 2.45) is 7.05 Å². The third-order valence-corrected chi connectivity index (χ3v) is 5.72. The van der Waals surface area contributed by atoms with Crippen molar-refractivity contribution in [3.8, 4) is 11.4 Å². The van der Waals surface area contributed by atoms with Crippen LogP contribution in [0.1, 0.15) is 46.1 Å². The normalized spacial score (nSPS) is 12.6. The van der Waals surface area contributed by atoms with E-state index >= 15 is 0 Å². The van der Waals surface area contributed by atoms with Gasteiger partial charge in [0.15, 0.2) is 0 Å². The first-order chi connectivity index (χ1) is 12.1. The second-order valence-electron chi connectivity index (χ2n) is 8.00. The number of imidazole rings is 1. The van der Waals surface area contributed by atoms with Crippen molar-refractivity contribution >= 4 is 23.4 Å². The lowest BCUT2D eigenvalue weighted by atomic mass is 9.92. The van der Waals surface area contributed by atoms with Gasteiger partial charge in [0, 0.05) is 22.4 Å².